The number of hydrogen-bond acceptors (Lipinski definition) is 7. The second-order valence-electron chi connectivity index (χ2n) is 5.04. The van der Waals surface area contributed by atoms with Crippen LogP contribution in [0, 0.1) is 24.0 Å². The number of rotatable bonds is 5. The number of sulfone groups is 1. The van der Waals surface area contributed by atoms with Crippen LogP contribution < -0.4 is 5.32 Å². The molecule has 2 aromatic rings. The average molecular weight is 344 g/mol. The Bertz CT molecular complexity index is 820. The highest BCUT2D eigenvalue weighted by Crippen LogP contribution is 2.39. The Morgan fingerprint density at radius 1 is 1.36 bits per heavy atom. The van der Waals surface area contributed by atoms with E-state index in [0.29, 0.717) is 0 Å². The summed E-state index contributed by atoms with van der Waals surface area (Å²) in [5.74, 6) is 1.47. The van der Waals surface area contributed by atoms with Crippen molar-refractivity contribution in [1.82, 2.24) is 0 Å². The highest BCUT2D eigenvalue weighted by atomic mass is 32.2. The number of hydrogen-bond donors (Lipinski definition) is 1. The van der Waals surface area contributed by atoms with Crippen molar-refractivity contribution in [2.75, 3.05) is 11.6 Å². The zero-order chi connectivity index (χ0) is 16.7. The van der Waals surface area contributed by atoms with Gasteiger partial charge in [-0.05, 0) is 26.8 Å². The van der Waals surface area contributed by atoms with Crippen LogP contribution in [-0.4, -0.2) is 19.6 Å². The Hall–Kier alpha value is -1.87. The van der Waals surface area contributed by atoms with Crippen molar-refractivity contribution in [3.8, 4) is 0 Å². The minimum Gasteiger partial charge on any atom is -0.466 e. The van der Waals surface area contributed by atoms with Crippen molar-refractivity contribution in [1.29, 1.82) is 0 Å². The first-order chi connectivity index (χ1) is 10.1. The maximum absolute atomic E-state index is 11.6. The standard InChI is InChI=1S/C13H16N2O5S2/c1-7-5-10(9(3)20-7)8(2)14-13-11(15(16)17)6-12(21-13)22(4,18)19/h5-6,8,14H,1-4H3. The number of aryl methyl sites for hydroxylation is 2. The Balaban J connectivity index is 2.38. The van der Waals surface area contributed by atoms with E-state index >= 15 is 0 Å². The quantitative estimate of drug-likeness (QED) is 0.658. The van der Waals surface area contributed by atoms with Crippen molar-refractivity contribution in [2.45, 2.75) is 31.0 Å². The molecule has 0 aliphatic heterocycles. The number of thiophene rings is 1. The molecule has 2 heterocycles. The maximum atomic E-state index is 11.6. The molecule has 0 aromatic carbocycles. The van der Waals surface area contributed by atoms with Gasteiger partial charge in [-0.2, -0.15) is 0 Å². The van der Waals surface area contributed by atoms with Crippen LogP contribution in [0.5, 0.6) is 0 Å². The summed E-state index contributed by atoms with van der Waals surface area (Å²) in [4.78, 5) is 10.5. The average Bonchev–Trinajstić information content (AvgIpc) is 2.92. The molecule has 0 saturated heterocycles. The zero-order valence-electron chi connectivity index (χ0n) is 12.5. The molecule has 0 spiro atoms. The van der Waals surface area contributed by atoms with Crippen molar-refractivity contribution in [3.63, 3.8) is 0 Å². The summed E-state index contributed by atoms with van der Waals surface area (Å²) in [5, 5.41) is 14.3. The van der Waals surface area contributed by atoms with Gasteiger partial charge in [-0.15, -0.1) is 0 Å². The largest absolute Gasteiger partial charge is 0.466 e. The Kier molecular flexibility index (Phi) is 4.30. The summed E-state index contributed by atoms with van der Waals surface area (Å²) in [6, 6.07) is 2.69. The second-order valence-corrected chi connectivity index (χ2v) is 8.34. The van der Waals surface area contributed by atoms with Crippen LogP contribution in [0.2, 0.25) is 0 Å². The molecule has 2 rings (SSSR count). The molecule has 0 saturated carbocycles. The van der Waals surface area contributed by atoms with E-state index in [1.807, 2.05) is 26.8 Å². The van der Waals surface area contributed by atoms with Crippen LogP contribution in [-0.2, 0) is 9.84 Å². The van der Waals surface area contributed by atoms with Crippen molar-refractivity contribution >= 4 is 31.9 Å². The number of nitro groups is 1. The van der Waals surface area contributed by atoms with Crippen LogP contribution in [0.15, 0.2) is 20.8 Å². The van der Waals surface area contributed by atoms with Crippen LogP contribution in [0.1, 0.15) is 30.0 Å². The van der Waals surface area contributed by atoms with Gasteiger partial charge in [0, 0.05) is 17.9 Å². The number of anilines is 1. The molecule has 9 heteroatoms. The van der Waals surface area contributed by atoms with Gasteiger partial charge in [0.05, 0.1) is 11.0 Å². The van der Waals surface area contributed by atoms with Crippen LogP contribution >= 0.6 is 11.3 Å². The number of furan rings is 1. The van der Waals surface area contributed by atoms with Gasteiger partial charge in [0.1, 0.15) is 15.7 Å². The van der Waals surface area contributed by atoms with E-state index in [-0.39, 0.29) is 20.9 Å². The lowest BCUT2D eigenvalue weighted by molar-refractivity contribution is -0.383. The normalized spacial score (nSPS) is 13.1. The van der Waals surface area contributed by atoms with E-state index in [1.165, 1.54) is 0 Å². The first-order valence-corrected chi connectivity index (χ1v) is 9.12. The Morgan fingerprint density at radius 2 is 2.00 bits per heavy atom. The van der Waals surface area contributed by atoms with Gasteiger partial charge in [-0.25, -0.2) is 8.42 Å². The number of nitrogens with zero attached hydrogens (tertiary/aromatic N) is 1. The third-order valence-electron chi connectivity index (χ3n) is 3.15. The van der Waals surface area contributed by atoms with Crippen molar-refractivity contribution in [2.24, 2.45) is 0 Å². The molecule has 0 aliphatic carbocycles. The summed E-state index contributed by atoms with van der Waals surface area (Å²) < 4.78 is 28.6. The molecule has 1 atom stereocenters. The highest BCUT2D eigenvalue weighted by molar-refractivity contribution is 7.92. The van der Waals surface area contributed by atoms with Gasteiger partial charge in [0.15, 0.2) is 14.8 Å². The monoisotopic (exact) mass is 344 g/mol. The van der Waals surface area contributed by atoms with Crippen LogP contribution in [0.25, 0.3) is 0 Å². The lowest BCUT2D eigenvalue weighted by Crippen LogP contribution is -2.06. The van der Waals surface area contributed by atoms with E-state index in [2.05, 4.69) is 5.32 Å². The van der Waals surface area contributed by atoms with Crippen LogP contribution in [0.3, 0.4) is 0 Å². The summed E-state index contributed by atoms with van der Waals surface area (Å²) in [6.45, 7) is 5.46. The molecule has 7 nitrogen and oxygen atoms in total. The Labute approximate surface area is 132 Å². The van der Waals surface area contributed by atoms with E-state index < -0.39 is 14.8 Å². The summed E-state index contributed by atoms with van der Waals surface area (Å²) in [6.07, 6.45) is 1.03. The second kappa shape index (κ2) is 5.73. The third-order valence-corrected chi connectivity index (χ3v) is 6.00. The molecular weight excluding hydrogens is 328 g/mol. The van der Waals surface area contributed by atoms with Crippen molar-refractivity contribution < 1.29 is 17.8 Å². The number of nitrogens with one attached hydrogen (secondary N) is 1. The van der Waals surface area contributed by atoms with Gasteiger partial charge in [-0.3, -0.25) is 10.1 Å². The highest BCUT2D eigenvalue weighted by Gasteiger charge is 2.25. The fourth-order valence-electron chi connectivity index (χ4n) is 2.14. The smallest absolute Gasteiger partial charge is 0.304 e. The third kappa shape index (κ3) is 3.30. The fraction of sp³-hybridized carbons (Fsp3) is 0.385. The maximum Gasteiger partial charge on any atom is 0.304 e. The van der Waals surface area contributed by atoms with E-state index in [4.69, 9.17) is 4.42 Å². The molecule has 0 amide bonds. The minimum atomic E-state index is -3.49. The summed E-state index contributed by atoms with van der Waals surface area (Å²) >= 11 is 0.859. The van der Waals surface area contributed by atoms with Gasteiger partial charge in [-0.1, -0.05) is 11.3 Å². The predicted molar refractivity (Wildman–Crippen MR) is 84.3 cm³/mol. The molecule has 1 unspecified atom stereocenters. The molecule has 22 heavy (non-hydrogen) atoms. The van der Waals surface area contributed by atoms with E-state index in [0.717, 1.165) is 40.7 Å². The molecule has 1 N–H and O–H groups in total. The van der Waals surface area contributed by atoms with Gasteiger partial charge in [0.25, 0.3) is 0 Å². The van der Waals surface area contributed by atoms with E-state index in [1.54, 1.807) is 0 Å². The molecule has 0 bridgehead atoms. The molecule has 0 radical (unpaired) electrons. The zero-order valence-corrected chi connectivity index (χ0v) is 14.2. The van der Waals surface area contributed by atoms with Gasteiger partial charge in [0.2, 0.25) is 0 Å². The molecule has 0 fully saturated rings. The predicted octanol–water partition coefficient (Wildman–Crippen LogP) is 3.44. The molecular formula is C13H16N2O5S2. The lowest BCUT2D eigenvalue weighted by atomic mass is 10.1. The minimum absolute atomic E-state index is 0.0333. The van der Waals surface area contributed by atoms with Crippen LogP contribution in [0.4, 0.5) is 10.7 Å². The SMILES string of the molecule is Cc1cc(C(C)Nc2sc(S(C)(=O)=O)cc2[N+](=O)[O-])c(C)o1. The molecule has 0 aliphatic rings. The first-order valence-electron chi connectivity index (χ1n) is 6.41. The summed E-state index contributed by atoms with van der Waals surface area (Å²) in [5.41, 5.74) is 0.635. The Morgan fingerprint density at radius 3 is 2.45 bits per heavy atom. The van der Waals surface area contributed by atoms with Gasteiger partial charge < -0.3 is 9.73 Å². The lowest BCUT2D eigenvalue weighted by Gasteiger charge is -2.12. The summed E-state index contributed by atoms with van der Waals surface area (Å²) in [7, 11) is -3.49. The fourth-order valence-corrected chi connectivity index (χ4v) is 4.16. The van der Waals surface area contributed by atoms with Gasteiger partial charge >= 0.3 is 5.69 Å². The first kappa shape index (κ1) is 16.5. The topological polar surface area (TPSA) is 102 Å². The van der Waals surface area contributed by atoms with E-state index in [9.17, 15) is 18.5 Å². The molecule has 2 aromatic heterocycles. The molecule has 120 valence electrons. The van der Waals surface area contributed by atoms with Crippen molar-refractivity contribution in [3.05, 3.63) is 39.3 Å².